The second kappa shape index (κ2) is 15.4. The first-order chi connectivity index (χ1) is 22.7. The van der Waals surface area contributed by atoms with E-state index in [1.165, 1.54) is 0 Å². The summed E-state index contributed by atoms with van der Waals surface area (Å²) in [5.41, 5.74) is 2.26. The van der Waals surface area contributed by atoms with Crippen LogP contribution in [0.5, 0.6) is 0 Å². The van der Waals surface area contributed by atoms with Gasteiger partial charge in [0.1, 0.15) is 11.6 Å². The highest BCUT2D eigenvalue weighted by Gasteiger charge is 2.35. The molecule has 13 nitrogen and oxygen atoms in total. The molecule has 4 rings (SSSR count). The molecule has 262 valence electrons. The lowest BCUT2D eigenvalue weighted by Gasteiger charge is -2.28. The maximum atomic E-state index is 14.0. The zero-order valence-corrected chi connectivity index (χ0v) is 29.0. The van der Waals surface area contributed by atoms with Gasteiger partial charge >= 0.3 is 6.09 Å². The number of aromatic nitrogens is 2. The summed E-state index contributed by atoms with van der Waals surface area (Å²) in [5.74, 6) is -2.70. The molecule has 1 aliphatic heterocycles. The largest absolute Gasteiger partial charge is 0.448 e. The van der Waals surface area contributed by atoms with E-state index in [9.17, 15) is 26.8 Å². The van der Waals surface area contributed by atoms with Crippen LogP contribution in [-0.4, -0.2) is 106 Å². The molecule has 1 amide bonds. The Morgan fingerprint density at radius 1 is 1.08 bits per heavy atom. The second-order valence-electron chi connectivity index (χ2n) is 12.0. The van der Waals surface area contributed by atoms with Gasteiger partial charge in [-0.25, -0.2) is 22.0 Å². The smallest absolute Gasteiger partial charge is 0.434 e. The van der Waals surface area contributed by atoms with Crippen molar-refractivity contribution in [2.45, 2.75) is 50.7 Å². The molecule has 0 saturated heterocycles. The minimum absolute atomic E-state index is 0.0157. The van der Waals surface area contributed by atoms with Crippen molar-refractivity contribution in [1.29, 1.82) is 0 Å². The number of benzene rings is 2. The third-order valence-electron chi connectivity index (χ3n) is 8.10. The number of amides is 1. The van der Waals surface area contributed by atoms with Gasteiger partial charge in [-0.05, 0) is 65.2 Å². The van der Waals surface area contributed by atoms with E-state index >= 15 is 0 Å². The van der Waals surface area contributed by atoms with Crippen molar-refractivity contribution in [2.24, 2.45) is 0 Å². The van der Waals surface area contributed by atoms with Crippen molar-refractivity contribution in [2.75, 3.05) is 70.1 Å². The summed E-state index contributed by atoms with van der Waals surface area (Å²) in [6.45, 7) is 6.37. The Bertz CT molecular complexity index is 1730. The average Bonchev–Trinajstić information content (AvgIpc) is 3.38. The number of anilines is 3. The Hall–Kier alpha value is -4.12. The molecule has 0 fully saturated rings. The first kappa shape index (κ1) is 36.7. The van der Waals surface area contributed by atoms with Crippen LogP contribution >= 0.6 is 0 Å². The monoisotopic (exact) mass is 691 g/mol. The summed E-state index contributed by atoms with van der Waals surface area (Å²) in [5, 5.41) is 10.4. The van der Waals surface area contributed by atoms with E-state index in [4.69, 9.17) is 9.47 Å². The minimum atomic E-state index is -4.36. The molecule has 2 N–H and O–H groups in total. The normalized spacial score (nSPS) is 14.7. The van der Waals surface area contributed by atoms with Gasteiger partial charge in [0.2, 0.25) is 10.0 Å². The number of fused-ring (bicyclic) bond motifs is 1. The maximum Gasteiger partial charge on any atom is 0.434 e. The summed E-state index contributed by atoms with van der Waals surface area (Å²) in [6, 6.07) is 7.51. The number of sulfonamides is 1. The summed E-state index contributed by atoms with van der Waals surface area (Å²) >= 11 is 0. The third kappa shape index (κ3) is 8.29. The Kier molecular flexibility index (Phi) is 11.8. The zero-order valence-electron chi connectivity index (χ0n) is 28.2. The van der Waals surface area contributed by atoms with Crippen molar-refractivity contribution in [3.05, 3.63) is 64.9 Å². The lowest BCUT2D eigenvalue weighted by molar-refractivity contribution is 0.102. The van der Waals surface area contributed by atoms with Gasteiger partial charge in [0.05, 0.1) is 29.4 Å². The molecule has 48 heavy (non-hydrogen) atoms. The van der Waals surface area contributed by atoms with Crippen LogP contribution < -0.4 is 15.5 Å². The van der Waals surface area contributed by atoms with E-state index < -0.39 is 38.6 Å². The zero-order chi connectivity index (χ0) is 35.3. The van der Waals surface area contributed by atoms with E-state index in [0.29, 0.717) is 24.1 Å². The van der Waals surface area contributed by atoms with Crippen LogP contribution in [0.4, 0.5) is 30.8 Å². The van der Waals surface area contributed by atoms with Gasteiger partial charge in [-0.2, -0.15) is 8.99 Å². The predicted octanol–water partition coefficient (Wildman–Crippen LogP) is 4.00. The van der Waals surface area contributed by atoms with E-state index in [2.05, 4.69) is 32.5 Å². The van der Waals surface area contributed by atoms with E-state index in [1.54, 1.807) is 20.1 Å². The Labute approximate surface area is 279 Å². The summed E-state index contributed by atoms with van der Waals surface area (Å²) in [4.78, 5) is 30.4. The van der Waals surface area contributed by atoms with Crippen molar-refractivity contribution < 1.29 is 36.3 Å². The Balaban J connectivity index is 1.71. The SMILES string of the molecule is CCOC(=O)n1nc(NC(=O)c2ccc(N(C)CC(C)N(C)C)cc2NC(C)COC)c2c1CCN(S(=O)(=O)c1cc(F)cc(F)c1)C2. The lowest BCUT2D eigenvalue weighted by Crippen LogP contribution is -2.37. The third-order valence-corrected chi connectivity index (χ3v) is 9.92. The molecule has 2 unspecified atom stereocenters. The number of nitrogens with one attached hydrogen (secondary N) is 2. The topological polar surface area (TPSA) is 138 Å². The van der Waals surface area contributed by atoms with Gasteiger partial charge in [-0.3, -0.25) is 4.79 Å². The standard InChI is InChI=1S/C32H43F2N7O6S/c1-8-47-32(43)41-29-11-12-40(48(44,45)25-14-22(33)13-23(34)15-25)18-27(29)30(37-41)36-31(42)26-10-9-24(39(6)17-21(3)38(4)5)16-28(26)35-20(2)19-46-7/h9-10,13-16,20-21,35H,8,11-12,17-19H2,1-7H3,(H,36,37,42). The number of hydrogen-bond acceptors (Lipinski definition) is 10. The van der Waals surface area contributed by atoms with Crippen molar-refractivity contribution >= 4 is 39.2 Å². The molecule has 1 aliphatic rings. The highest BCUT2D eigenvalue weighted by molar-refractivity contribution is 7.89. The Morgan fingerprint density at radius 2 is 1.77 bits per heavy atom. The first-order valence-electron chi connectivity index (χ1n) is 15.5. The van der Waals surface area contributed by atoms with Crippen LogP contribution in [0.2, 0.25) is 0 Å². The van der Waals surface area contributed by atoms with Crippen LogP contribution in [0.1, 0.15) is 42.4 Å². The van der Waals surface area contributed by atoms with Crippen molar-refractivity contribution in [1.82, 2.24) is 19.0 Å². The minimum Gasteiger partial charge on any atom is -0.448 e. The average molecular weight is 692 g/mol. The molecule has 0 aliphatic carbocycles. The summed E-state index contributed by atoms with van der Waals surface area (Å²) in [7, 11) is 3.18. The number of carbonyl (C=O) groups excluding carboxylic acids is 2. The molecule has 0 saturated carbocycles. The van der Waals surface area contributed by atoms with Crippen LogP contribution in [0.25, 0.3) is 0 Å². The lowest BCUT2D eigenvalue weighted by atomic mass is 10.1. The molecule has 0 radical (unpaired) electrons. The van der Waals surface area contributed by atoms with Crippen LogP contribution in [0, 0.1) is 11.6 Å². The summed E-state index contributed by atoms with van der Waals surface area (Å²) < 4.78 is 67.3. The van der Waals surface area contributed by atoms with Crippen molar-refractivity contribution in [3.63, 3.8) is 0 Å². The van der Waals surface area contributed by atoms with Crippen LogP contribution in [0.15, 0.2) is 41.3 Å². The van der Waals surface area contributed by atoms with Crippen molar-refractivity contribution in [3.8, 4) is 0 Å². The van der Waals surface area contributed by atoms with Crippen LogP contribution in [-0.2, 0) is 32.5 Å². The van der Waals surface area contributed by atoms with Gasteiger partial charge in [0.25, 0.3) is 5.91 Å². The molecular formula is C32H43F2N7O6S. The molecule has 2 atom stereocenters. The highest BCUT2D eigenvalue weighted by atomic mass is 32.2. The fourth-order valence-electron chi connectivity index (χ4n) is 5.35. The predicted molar refractivity (Wildman–Crippen MR) is 178 cm³/mol. The second-order valence-corrected chi connectivity index (χ2v) is 13.9. The number of nitrogens with zero attached hydrogens (tertiary/aromatic N) is 5. The van der Waals surface area contributed by atoms with Gasteiger partial charge in [-0.1, -0.05) is 0 Å². The molecule has 2 aromatic carbocycles. The fraction of sp³-hybridized carbons (Fsp3) is 0.469. The van der Waals surface area contributed by atoms with Gasteiger partial charge in [0, 0.05) is 75.3 Å². The number of ether oxygens (including phenoxy) is 2. The number of hydrogen-bond donors (Lipinski definition) is 2. The number of rotatable bonds is 13. The van der Waals surface area contributed by atoms with Gasteiger partial charge in [-0.15, -0.1) is 5.10 Å². The number of halogens is 2. The number of methoxy groups -OCH3 is 1. The number of likely N-dealkylation sites (N-methyl/N-ethyl adjacent to an activating group) is 2. The molecule has 1 aromatic heterocycles. The fourth-order valence-corrected chi connectivity index (χ4v) is 6.80. The number of carbonyl (C=O) groups is 2. The molecular weight excluding hydrogens is 648 g/mol. The molecule has 0 spiro atoms. The molecule has 2 heterocycles. The van der Waals surface area contributed by atoms with E-state index in [-0.39, 0.29) is 55.1 Å². The van der Waals surface area contributed by atoms with E-state index in [0.717, 1.165) is 33.4 Å². The van der Waals surface area contributed by atoms with E-state index in [1.807, 2.05) is 40.2 Å². The maximum absolute atomic E-state index is 14.0. The Morgan fingerprint density at radius 3 is 2.40 bits per heavy atom. The molecule has 16 heteroatoms. The first-order valence-corrected chi connectivity index (χ1v) is 16.9. The van der Waals surface area contributed by atoms with Crippen LogP contribution in [0.3, 0.4) is 0 Å². The van der Waals surface area contributed by atoms with Gasteiger partial charge in [0.15, 0.2) is 5.82 Å². The highest BCUT2D eigenvalue weighted by Crippen LogP contribution is 2.32. The van der Waals surface area contributed by atoms with Gasteiger partial charge < -0.3 is 29.9 Å². The molecule has 3 aromatic rings. The quantitative estimate of drug-likeness (QED) is 0.271. The molecule has 0 bridgehead atoms. The summed E-state index contributed by atoms with van der Waals surface area (Å²) in [6.07, 6.45) is -0.783.